The molecule has 5 nitrogen and oxygen atoms in total. The third kappa shape index (κ3) is 3.65. The molecular weight excluding hydrogens is 325 g/mol. The third-order valence-electron chi connectivity index (χ3n) is 5.51. The molecule has 25 heavy (non-hydrogen) atoms. The average Bonchev–Trinajstić information content (AvgIpc) is 2.62. The molecule has 2 fully saturated rings. The number of hydrogen-bond acceptors (Lipinski definition) is 4. The van der Waals surface area contributed by atoms with Crippen molar-refractivity contribution in [1.82, 2.24) is 5.32 Å². The second-order valence-corrected chi connectivity index (χ2v) is 7.24. The molecule has 136 valence electrons. The number of benzene rings is 1. The lowest BCUT2D eigenvalue weighted by Crippen LogP contribution is -2.53. The number of halogens is 1. The van der Waals surface area contributed by atoms with Crippen molar-refractivity contribution in [2.24, 2.45) is 0 Å². The molecule has 3 heterocycles. The maximum Gasteiger partial charge on any atom is 0.261 e. The van der Waals surface area contributed by atoms with E-state index in [1.54, 1.807) is 6.07 Å². The van der Waals surface area contributed by atoms with E-state index < -0.39 is 6.10 Å². The Bertz CT molecular complexity index is 639. The van der Waals surface area contributed by atoms with E-state index in [1.165, 1.54) is 12.1 Å². The second kappa shape index (κ2) is 6.92. The van der Waals surface area contributed by atoms with Gasteiger partial charge in [0.1, 0.15) is 11.6 Å². The third-order valence-corrected chi connectivity index (χ3v) is 5.51. The number of aryl methyl sites for hydroxylation is 1. The highest BCUT2D eigenvalue weighted by atomic mass is 19.1. The van der Waals surface area contributed by atoms with E-state index in [9.17, 15) is 9.18 Å². The summed E-state index contributed by atoms with van der Waals surface area (Å²) in [5.41, 5.74) is 0.801. The lowest BCUT2D eigenvalue weighted by atomic mass is 9.84. The molecule has 2 atom stereocenters. The van der Waals surface area contributed by atoms with Gasteiger partial charge in [0.15, 0.2) is 6.10 Å². The van der Waals surface area contributed by atoms with Crippen LogP contribution in [0.5, 0.6) is 5.75 Å². The monoisotopic (exact) mass is 349 g/mol. The molecule has 1 amide bonds. The number of carbonyl (C=O) groups excluding carboxylic acids is 1. The first kappa shape index (κ1) is 16.8. The lowest BCUT2D eigenvalue weighted by molar-refractivity contribution is -0.146. The summed E-state index contributed by atoms with van der Waals surface area (Å²) in [6.45, 7) is 2.09. The molecule has 2 unspecified atom stereocenters. The van der Waals surface area contributed by atoms with Gasteiger partial charge in [0.05, 0.1) is 5.60 Å². The summed E-state index contributed by atoms with van der Waals surface area (Å²) in [6.07, 6.45) is 4.18. The molecular formula is C19H24FNO4. The molecule has 4 rings (SSSR count). The Balaban J connectivity index is 1.37. The van der Waals surface area contributed by atoms with Gasteiger partial charge in [-0.3, -0.25) is 4.79 Å². The van der Waals surface area contributed by atoms with Crippen LogP contribution in [0.3, 0.4) is 0 Å². The van der Waals surface area contributed by atoms with Gasteiger partial charge < -0.3 is 19.5 Å². The van der Waals surface area contributed by atoms with Crippen LogP contribution in [0.2, 0.25) is 0 Å². The highest BCUT2D eigenvalue weighted by molar-refractivity contribution is 5.81. The molecule has 1 N–H and O–H groups in total. The van der Waals surface area contributed by atoms with Crippen molar-refractivity contribution in [3.05, 3.63) is 29.6 Å². The molecule has 3 aliphatic heterocycles. The molecule has 0 aromatic heterocycles. The van der Waals surface area contributed by atoms with Gasteiger partial charge in [0.25, 0.3) is 5.91 Å². The first-order chi connectivity index (χ1) is 12.1. The van der Waals surface area contributed by atoms with Crippen LogP contribution in [0.4, 0.5) is 4.39 Å². The molecule has 0 saturated carbocycles. The highest BCUT2D eigenvalue weighted by Gasteiger charge is 2.40. The zero-order valence-corrected chi connectivity index (χ0v) is 14.3. The summed E-state index contributed by atoms with van der Waals surface area (Å²) < 4.78 is 30.6. The van der Waals surface area contributed by atoms with Gasteiger partial charge in [0.2, 0.25) is 0 Å². The molecule has 1 aromatic carbocycles. The van der Waals surface area contributed by atoms with Crippen LogP contribution in [0, 0.1) is 5.82 Å². The Morgan fingerprint density at radius 3 is 2.88 bits per heavy atom. The molecule has 3 aliphatic rings. The standard InChI is InChI=1S/C19H24FNO4/c20-14-3-1-13-2-4-16(25-17(13)11-14)18(22)21-15-5-8-24-19(12-15)6-9-23-10-7-19/h1,3,11,15-16H,2,4-10,12H2,(H,21,22). The van der Waals surface area contributed by atoms with E-state index in [2.05, 4.69) is 5.32 Å². The van der Waals surface area contributed by atoms with Crippen molar-refractivity contribution < 1.29 is 23.4 Å². The zero-order chi connectivity index (χ0) is 17.3. The molecule has 0 radical (unpaired) electrons. The predicted molar refractivity (Wildman–Crippen MR) is 89.0 cm³/mol. The van der Waals surface area contributed by atoms with E-state index in [0.717, 1.165) is 50.9 Å². The summed E-state index contributed by atoms with van der Waals surface area (Å²) in [5, 5.41) is 3.13. The predicted octanol–water partition coefficient (Wildman–Crippen LogP) is 2.36. The lowest BCUT2D eigenvalue weighted by Gasteiger charge is -2.43. The maximum atomic E-state index is 13.4. The Labute approximate surface area is 146 Å². The van der Waals surface area contributed by atoms with Gasteiger partial charge in [0, 0.05) is 31.9 Å². The molecule has 2 saturated heterocycles. The van der Waals surface area contributed by atoms with Crippen molar-refractivity contribution in [3.63, 3.8) is 0 Å². The number of nitrogens with one attached hydrogen (secondary N) is 1. The van der Waals surface area contributed by atoms with Gasteiger partial charge in [-0.05, 0) is 50.2 Å². The fourth-order valence-electron chi connectivity index (χ4n) is 4.06. The first-order valence-corrected chi connectivity index (χ1v) is 9.11. The Morgan fingerprint density at radius 2 is 2.04 bits per heavy atom. The van der Waals surface area contributed by atoms with Gasteiger partial charge in [-0.15, -0.1) is 0 Å². The summed E-state index contributed by atoms with van der Waals surface area (Å²) in [6, 6.07) is 4.61. The quantitative estimate of drug-likeness (QED) is 0.891. The molecule has 1 spiro atoms. The van der Waals surface area contributed by atoms with Crippen LogP contribution >= 0.6 is 0 Å². The summed E-state index contributed by atoms with van der Waals surface area (Å²) in [5.74, 6) is 0.0361. The summed E-state index contributed by atoms with van der Waals surface area (Å²) in [7, 11) is 0. The minimum atomic E-state index is -0.553. The van der Waals surface area contributed by atoms with E-state index >= 15 is 0 Å². The van der Waals surface area contributed by atoms with Crippen molar-refractivity contribution in [3.8, 4) is 5.75 Å². The smallest absolute Gasteiger partial charge is 0.261 e. The van der Waals surface area contributed by atoms with Crippen LogP contribution in [-0.4, -0.2) is 43.5 Å². The van der Waals surface area contributed by atoms with Crippen LogP contribution < -0.4 is 10.1 Å². The summed E-state index contributed by atoms with van der Waals surface area (Å²) >= 11 is 0. The fraction of sp³-hybridized carbons (Fsp3) is 0.632. The van der Waals surface area contributed by atoms with Crippen LogP contribution in [0.25, 0.3) is 0 Å². The van der Waals surface area contributed by atoms with Gasteiger partial charge >= 0.3 is 0 Å². The zero-order valence-electron chi connectivity index (χ0n) is 14.3. The van der Waals surface area contributed by atoms with Crippen LogP contribution in [-0.2, 0) is 20.7 Å². The number of rotatable bonds is 2. The number of amides is 1. The molecule has 0 aliphatic carbocycles. The number of ether oxygens (including phenoxy) is 3. The minimum Gasteiger partial charge on any atom is -0.480 e. The number of carbonyl (C=O) groups is 1. The number of fused-ring (bicyclic) bond motifs is 1. The Kier molecular flexibility index (Phi) is 4.65. The van der Waals surface area contributed by atoms with Crippen molar-refractivity contribution in [2.45, 2.75) is 56.3 Å². The Morgan fingerprint density at radius 1 is 1.20 bits per heavy atom. The van der Waals surface area contributed by atoms with Gasteiger partial charge in [-0.2, -0.15) is 0 Å². The summed E-state index contributed by atoms with van der Waals surface area (Å²) in [4.78, 5) is 12.6. The van der Waals surface area contributed by atoms with Crippen molar-refractivity contribution >= 4 is 5.91 Å². The fourth-order valence-corrected chi connectivity index (χ4v) is 4.06. The molecule has 0 bridgehead atoms. The van der Waals surface area contributed by atoms with Crippen molar-refractivity contribution in [1.29, 1.82) is 0 Å². The largest absolute Gasteiger partial charge is 0.480 e. The minimum absolute atomic E-state index is 0.0943. The van der Waals surface area contributed by atoms with E-state index in [4.69, 9.17) is 14.2 Å². The first-order valence-electron chi connectivity index (χ1n) is 9.11. The number of hydrogen-bond donors (Lipinski definition) is 1. The Hall–Kier alpha value is -1.66. The van der Waals surface area contributed by atoms with Gasteiger partial charge in [-0.25, -0.2) is 4.39 Å². The highest BCUT2D eigenvalue weighted by Crippen LogP contribution is 2.34. The maximum absolute atomic E-state index is 13.4. The second-order valence-electron chi connectivity index (χ2n) is 7.24. The molecule has 1 aromatic rings. The van der Waals surface area contributed by atoms with Crippen LogP contribution in [0.1, 0.15) is 37.7 Å². The SMILES string of the molecule is O=C(NC1CCOC2(CCOCC2)C1)C1CCc2ccc(F)cc2O1. The van der Waals surface area contributed by atoms with E-state index in [0.29, 0.717) is 18.8 Å². The average molecular weight is 349 g/mol. The van der Waals surface area contributed by atoms with E-state index in [1.807, 2.05) is 0 Å². The van der Waals surface area contributed by atoms with E-state index in [-0.39, 0.29) is 23.4 Å². The molecule has 6 heteroatoms. The topological polar surface area (TPSA) is 56.8 Å². The van der Waals surface area contributed by atoms with Gasteiger partial charge in [-0.1, -0.05) is 6.07 Å². The van der Waals surface area contributed by atoms with Crippen molar-refractivity contribution in [2.75, 3.05) is 19.8 Å². The van der Waals surface area contributed by atoms with Crippen LogP contribution in [0.15, 0.2) is 18.2 Å². The normalized spacial score (nSPS) is 28.0.